The van der Waals surface area contributed by atoms with Crippen LogP contribution in [0.3, 0.4) is 0 Å². The molecule has 0 spiro atoms. The maximum atomic E-state index is 13.2. The number of aryl methyl sites for hydroxylation is 1. The molecule has 2 atom stereocenters. The smallest absolute Gasteiger partial charge is 0.232 e. The topological polar surface area (TPSA) is 60.2 Å². The van der Waals surface area contributed by atoms with Gasteiger partial charge in [0.05, 0.1) is 19.2 Å². The van der Waals surface area contributed by atoms with Crippen molar-refractivity contribution in [3.05, 3.63) is 71.5 Å². The predicted molar refractivity (Wildman–Crippen MR) is 112 cm³/mol. The number of aromatic nitrogens is 3. The molecule has 29 heavy (non-hydrogen) atoms. The van der Waals surface area contributed by atoms with E-state index >= 15 is 0 Å². The molecule has 0 radical (unpaired) electrons. The number of hydrogen-bond acceptors (Lipinski definition) is 4. The molecule has 0 saturated carbocycles. The molecule has 0 bridgehead atoms. The van der Waals surface area contributed by atoms with Crippen molar-refractivity contribution in [2.45, 2.75) is 39.3 Å². The van der Waals surface area contributed by atoms with Gasteiger partial charge in [-0.25, -0.2) is 4.68 Å². The number of benzene rings is 2. The zero-order valence-corrected chi connectivity index (χ0v) is 17.2. The number of amides is 1. The molecule has 6 nitrogen and oxygen atoms in total. The molecule has 0 N–H and O–H groups in total. The van der Waals surface area contributed by atoms with Gasteiger partial charge in [-0.1, -0.05) is 55.8 Å². The van der Waals surface area contributed by atoms with Gasteiger partial charge in [0.15, 0.2) is 0 Å². The lowest BCUT2D eigenvalue weighted by atomic mass is 9.91. The second kappa shape index (κ2) is 7.70. The van der Waals surface area contributed by atoms with Crippen molar-refractivity contribution >= 4 is 11.9 Å². The Morgan fingerprint density at radius 2 is 1.66 bits per heavy atom. The monoisotopic (exact) mass is 390 g/mol. The average molecular weight is 390 g/mol. The zero-order valence-electron chi connectivity index (χ0n) is 17.2. The number of ether oxygens (including phenoxy) is 1. The Hall–Kier alpha value is -3.15. The maximum Gasteiger partial charge on any atom is 0.232 e. The van der Waals surface area contributed by atoms with Crippen molar-refractivity contribution in [3.63, 3.8) is 0 Å². The minimum atomic E-state index is -0.142. The van der Waals surface area contributed by atoms with Crippen molar-refractivity contribution in [2.75, 3.05) is 12.0 Å². The Labute approximate surface area is 171 Å². The standard InChI is InChI=1S/C23H26N4O2/c1-15(2)22(28)26-20(17-9-11-19(29-4)12-10-17)13-21(27-23(26)24-14-25-27)18-7-5-16(3)6-8-18/h5-12,14-15,20-21H,13H2,1-4H3/t20-,21+/m1/s1. The van der Waals surface area contributed by atoms with Crippen LogP contribution >= 0.6 is 0 Å². The van der Waals surface area contributed by atoms with Gasteiger partial charge < -0.3 is 4.74 Å². The van der Waals surface area contributed by atoms with Gasteiger partial charge in [-0.15, -0.1) is 0 Å². The second-order valence-electron chi connectivity index (χ2n) is 7.82. The Morgan fingerprint density at radius 3 is 2.28 bits per heavy atom. The van der Waals surface area contributed by atoms with Crippen molar-refractivity contribution < 1.29 is 9.53 Å². The number of nitrogens with zero attached hydrogens (tertiary/aromatic N) is 4. The molecule has 4 rings (SSSR count). The second-order valence-corrected chi connectivity index (χ2v) is 7.82. The number of hydrogen-bond donors (Lipinski definition) is 0. The lowest BCUT2D eigenvalue weighted by molar-refractivity contribution is -0.122. The van der Waals surface area contributed by atoms with E-state index in [1.807, 2.05) is 47.7 Å². The summed E-state index contributed by atoms with van der Waals surface area (Å²) < 4.78 is 7.19. The first kappa shape index (κ1) is 19.2. The van der Waals surface area contributed by atoms with Crippen LogP contribution in [0.1, 0.15) is 49.0 Å². The molecule has 1 aliphatic heterocycles. The van der Waals surface area contributed by atoms with Crippen LogP contribution in [0, 0.1) is 12.8 Å². The Balaban J connectivity index is 1.82. The number of methoxy groups -OCH3 is 1. The van der Waals surface area contributed by atoms with Crippen LogP contribution in [0.4, 0.5) is 5.95 Å². The minimum Gasteiger partial charge on any atom is -0.497 e. The van der Waals surface area contributed by atoms with E-state index in [0.29, 0.717) is 5.95 Å². The Kier molecular flexibility index (Phi) is 5.09. The fourth-order valence-corrected chi connectivity index (χ4v) is 3.90. The largest absolute Gasteiger partial charge is 0.497 e. The van der Waals surface area contributed by atoms with Crippen LogP contribution in [-0.2, 0) is 4.79 Å². The Morgan fingerprint density at radius 1 is 1.03 bits per heavy atom. The quantitative estimate of drug-likeness (QED) is 0.666. The average Bonchev–Trinajstić information content (AvgIpc) is 3.22. The highest BCUT2D eigenvalue weighted by molar-refractivity contribution is 5.94. The van der Waals surface area contributed by atoms with Gasteiger partial charge in [0, 0.05) is 5.92 Å². The third-order valence-electron chi connectivity index (χ3n) is 5.52. The third kappa shape index (κ3) is 3.50. The molecule has 2 heterocycles. The van der Waals surface area contributed by atoms with E-state index in [1.54, 1.807) is 7.11 Å². The van der Waals surface area contributed by atoms with Gasteiger partial charge in [0.1, 0.15) is 12.1 Å². The first-order valence-electron chi connectivity index (χ1n) is 9.92. The van der Waals surface area contributed by atoms with Gasteiger partial charge in [-0.05, 0) is 36.6 Å². The van der Waals surface area contributed by atoms with Gasteiger partial charge in [-0.2, -0.15) is 10.1 Å². The molecule has 0 saturated heterocycles. The summed E-state index contributed by atoms with van der Waals surface area (Å²) in [5, 5.41) is 4.48. The summed E-state index contributed by atoms with van der Waals surface area (Å²) in [5.41, 5.74) is 3.44. The predicted octanol–water partition coefficient (Wildman–Crippen LogP) is 4.32. The molecular weight excluding hydrogens is 364 g/mol. The van der Waals surface area contributed by atoms with Gasteiger partial charge in [0.25, 0.3) is 0 Å². The van der Waals surface area contributed by atoms with E-state index in [9.17, 15) is 4.79 Å². The van der Waals surface area contributed by atoms with E-state index in [0.717, 1.165) is 23.3 Å². The van der Waals surface area contributed by atoms with Crippen molar-refractivity contribution in [3.8, 4) is 5.75 Å². The highest BCUT2D eigenvalue weighted by Crippen LogP contribution is 2.42. The van der Waals surface area contributed by atoms with Gasteiger partial charge in [-0.3, -0.25) is 9.69 Å². The van der Waals surface area contributed by atoms with E-state index in [2.05, 4.69) is 41.3 Å². The lowest BCUT2D eigenvalue weighted by Gasteiger charge is -2.40. The maximum absolute atomic E-state index is 13.2. The molecular formula is C23H26N4O2. The van der Waals surface area contributed by atoms with Crippen molar-refractivity contribution in [2.24, 2.45) is 5.92 Å². The van der Waals surface area contributed by atoms with Crippen LogP contribution in [-0.4, -0.2) is 27.8 Å². The number of fused-ring (bicyclic) bond motifs is 1. The molecule has 0 unspecified atom stereocenters. The fourth-order valence-electron chi connectivity index (χ4n) is 3.90. The number of carbonyl (C=O) groups is 1. The molecule has 3 aromatic rings. The van der Waals surface area contributed by atoms with Crippen LogP contribution in [0.25, 0.3) is 0 Å². The summed E-state index contributed by atoms with van der Waals surface area (Å²) in [5.74, 6) is 1.30. The molecule has 2 aromatic carbocycles. The van der Waals surface area contributed by atoms with Crippen LogP contribution in [0.15, 0.2) is 54.9 Å². The molecule has 1 aliphatic rings. The highest BCUT2D eigenvalue weighted by Gasteiger charge is 2.39. The third-order valence-corrected chi connectivity index (χ3v) is 5.52. The van der Waals surface area contributed by atoms with Crippen molar-refractivity contribution in [1.82, 2.24) is 14.8 Å². The molecule has 1 amide bonds. The number of carbonyl (C=O) groups excluding carboxylic acids is 1. The highest BCUT2D eigenvalue weighted by atomic mass is 16.5. The Bertz CT molecular complexity index is 992. The summed E-state index contributed by atoms with van der Waals surface area (Å²) in [4.78, 5) is 19.5. The fraction of sp³-hybridized carbons (Fsp3) is 0.348. The summed E-state index contributed by atoms with van der Waals surface area (Å²) in [6.45, 7) is 5.91. The van der Waals surface area contributed by atoms with E-state index in [4.69, 9.17) is 4.74 Å². The zero-order chi connectivity index (χ0) is 20.5. The summed E-state index contributed by atoms with van der Waals surface area (Å²) >= 11 is 0. The first-order chi connectivity index (χ1) is 14.0. The van der Waals surface area contributed by atoms with Crippen LogP contribution in [0.5, 0.6) is 5.75 Å². The first-order valence-corrected chi connectivity index (χ1v) is 9.92. The van der Waals surface area contributed by atoms with E-state index in [-0.39, 0.29) is 23.9 Å². The minimum absolute atomic E-state index is 0.0106. The number of anilines is 1. The van der Waals surface area contributed by atoms with Gasteiger partial charge >= 0.3 is 0 Å². The molecule has 6 heteroatoms. The summed E-state index contributed by atoms with van der Waals surface area (Å²) in [7, 11) is 1.65. The summed E-state index contributed by atoms with van der Waals surface area (Å²) in [6.07, 6.45) is 2.26. The number of rotatable bonds is 4. The van der Waals surface area contributed by atoms with Gasteiger partial charge in [0.2, 0.25) is 11.9 Å². The molecule has 150 valence electrons. The van der Waals surface area contributed by atoms with Crippen LogP contribution < -0.4 is 9.64 Å². The molecule has 1 aromatic heterocycles. The summed E-state index contributed by atoms with van der Waals surface area (Å²) in [6, 6.07) is 16.3. The molecule has 0 fully saturated rings. The van der Waals surface area contributed by atoms with E-state index in [1.165, 1.54) is 11.9 Å². The SMILES string of the molecule is COc1ccc([C@H]2C[C@@H](c3ccc(C)cc3)n3ncnc3N2C(=O)C(C)C)cc1. The van der Waals surface area contributed by atoms with E-state index < -0.39 is 0 Å². The molecule has 0 aliphatic carbocycles. The van der Waals surface area contributed by atoms with Crippen molar-refractivity contribution in [1.29, 1.82) is 0 Å². The lowest BCUT2D eigenvalue weighted by Crippen LogP contribution is -2.44. The normalized spacial score (nSPS) is 18.6. The van der Waals surface area contributed by atoms with Crippen LogP contribution in [0.2, 0.25) is 0 Å².